The molecule has 100 valence electrons. The van der Waals surface area contributed by atoms with Crippen LogP contribution in [0.1, 0.15) is 11.1 Å². The fourth-order valence-electron chi connectivity index (χ4n) is 1.77. The van der Waals surface area contributed by atoms with Gasteiger partial charge in [-0.15, -0.1) is 0 Å². The van der Waals surface area contributed by atoms with Crippen LogP contribution in [-0.4, -0.2) is 7.05 Å². The van der Waals surface area contributed by atoms with Gasteiger partial charge in [-0.3, -0.25) is 0 Å². The maximum absolute atomic E-state index is 13.0. The minimum absolute atomic E-state index is 0.139. The Bertz CT molecular complexity index is 520. The van der Waals surface area contributed by atoms with Gasteiger partial charge in [-0.2, -0.15) is 0 Å². The first-order valence-electron chi connectivity index (χ1n) is 5.98. The summed E-state index contributed by atoms with van der Waals surface area (Å²) in [5.41, 5.74) is 1.61. The lowest BCUT2D eigenvalue weighted by Gasteiger charge is -2.07. The van der Waals surface area contributed by atoms with Gasteiger partial charge in [-0.05, 0) is 42.4 Å². The molecule has 4 heteroatoms. The van der Waals surface area contributed by atoms with Gasteiger partial charge in [0.2, 0.25) is 0 Å². The van der Waals surface area contributed by atoms with Gasteiger partial charge >= 0.3 is 0 Å². The van der Waals surface area contributed by atoms with Crippen molar-refractivity contribution in [2.45, 2.75) is 13.2 Å². The van der Waals surface area contributed by atoms with E-state index in [1.54, 1.807) is 0 Å². The predicted octanol–water partition coefficient (Wildman–Crippen LogP) is 3.26. The Morgan fingerprint density at radius 2 is 1.58 bits per heavy atom. The van der Waals surface area contributed by atoms with Crippen LogP contribution in [0.4, 0.5) is 8.78 Å². The second-order valence-electron chi connectivity index (χ2n) is 4.24. The second kappa shape index (κ2) is 6.29. The first kappa shape index (κ1) is 13.5. The average molecular weight is 263 g/mol. The predicted molar refractivity (Wildman–Crippen MR) is 69.9 cm³/mol. The molecule has 0 aliphatic heterocycles. The molecular formula is C15H15F2NO. The lowest BCUT2D eigenvalue weighted by atomic mass is 10.2. The average Bonchev–Trinajstić information content (AvgIpc) is 2.37. The van der Waals surface area contributed by atoms with Crippen LogP contribution in [0.3, 0.4) is 0 Å². The van der Waals surface area contributed by atoms with Crippen LogP contribution in [0.25, 0.3) is 0 Å². The molecule has 0 bridgehead atoms. The quantitative estimate of drug-likeness (QED) is 0.894. The van der Waals surface area contributed by atoms with Gasteiger partial charge in [-0.25, -0.2) is 8.78 Å². The van der Waals surface area contributed by atoms with Gasteiger partial charge in [0.15, 0.2) is 0 Å². The smallest absolute Gasteiger partial charge is 0.126 e. The molecule has 0 aliphatic carbocycles. The maximum atomic E-state index is 13.0. The molecule has 0 amide bonds. The van der Waals surface area contributed by atoms with Crippen molar-refractivity contribution in [3.8, 4) is 5.75 Å². The van der Waals surface area contributed by atoms with Crippen LogP contribution in [0.2, 0.25) is 0 Å². The summed E-state index contributed by atoms with van der Waals surface area (Å²) in [6.07, 6.45) is 0. The number of benzene rings is 2. The van der Waals surface area contributed by atoms with E-state index < -0.39 is 11.6 Å². The first-order valence-corrected chi connectivity index (χ1v) is 5.98. The van der Waals surface area contributed by atoms with Gasteiger partial charge in [0.05, 0.1) is 0 Å². The maximum Gasteiger partial charge on any atom is 0.126 e. The van der Waals surface area contributed by atoms with Gasteiger partial charge in [0.25, 0.3) is 0 Å². The zero-order valence-corrected chi connectivity index (χ0v) is 10.6. The van der Waals surface area contributed by atoms with E-state index in [2.05, 4.69) is 5.32 Å². The van der Waals surface area contributed by atoms with Crippen LogP contribution in [0.15, 0.2) is 42.5 Å². The molecule has 2 nitrogen and oxygen atoms in total. The Morgan fingerprint density at radius 1 is 0.947 bits per heavy atom. The Labute approximate surface area is 111 Å². The number of rotatable bonds is 5. The molecule has 0 unspecified atom stereocenters. The topological polar surface area (TPSA) is 21.3 Å². The molecule has 0 radical (unpaired) electrons. The molecule has 0 saturated heterocycles. The van der Waals surface area contributed by atoms with E-state index in [1.165, 1.54) is 12.1 Å². The lowest BCUT2D eigenvalue weighted by Crippen LogP contribution is -2.04. The number of hydrogen-bond acceptors (Lipinski definition) is 2. The molecule has 0 fully saturated rings. The van der Waals surface area contributed by atoms with Gasteiger partial charge < -0.3 is 10.1 Å². The molecule has 0 spiro atoms. The van der Waals surface area contributed by atoms with Crippen molar-refractivity contribution in [2.75, 3.05) is 7.05 Å². The Hall–Kier alpha value is -1.94. The largest absolute Gasteiger partial charge is 0.489 e. The monoisotopic (exact) mass is 263 g/mol. The highest BCUT2D eigenvalue weighted by molar-refractivity contribution is 5.27. The van der Waals surface area contributed by atoms with Gasteiger partial charge in [0.1, 0.15) is 24.0 Å². The summed E-state index contributed by atoms with van der Waals surface area (Å²) in [6.45, 7) is 0.926. The van der Waals surface area contributed by atoms with E-state index in [1.807, 2.05) is 31.3 Å². The van der Waals surface area contributed by atoms with Crippen LogP contribution in [0.5, 0.6) is 5.75 Å². The van der Waals surface area contributed by atoms with Crippen molar-refractivity contribution >= 4 is 0 Å². The van der Waals surface area contributed by atoms with E-state index in [0.29, 0.717) is 11.3 Å². The third-order valence-electron chi connectivity index (χ3n) is 2.63. The lowest BCUT2D eigenvalue weighted by molar-refractivity contribution is 0.304. The van der Waals surface area contributed by atoms with Gasteiger partial charge in [-0.1, -0.05) is 12.1 Å². The summed E-state index contributed by atoms with van der Waals surface area (Å²) in [6, 6.07) is 10.9. The van der Waals surface area contributed by atoms with Crippen LogP contribution in [-0.2, 0) is 13.2 Å². The molecule has 2 rings (SSSR count). The molecule has 2 aromatic carbocycles. The summed E-state index contributed by atoms with van der Waals surface area (Å²) in [4.78, 5) is 0. The van der Waals surface area contributed by atoms with E-state index >= 15 is 0 Å². The van der Waals surface area contributed by atoms with E-state index in [-0.39, 0.29) is 6.61 Å². The minimum Gasteiger partial charge on any atom is -0.489 e. The summed E-state index contributed by atoms with van der Waals surface area (Å²) < 4.78 is 31.5. The molecule has 0 atom stereocenters. The fraction of sp³-hybridized carbons (Fsp3) is 0.200. The first-order chi connectivity index (χ1) is 9.17. The highest BCUT2D eigenvalue weighted by Gasteiger charge is 2.02. The minimum atomic E-state index is -0.594. The zero-order chi connectivity index (χ0) is 13.7. The number of hydrogen-bond donors (Lipinski definition) is 1. The van der Waals surface area contributed by atoms with Crippen LogP contribution >= 0.6 is 0 Å². The van der Waals surface area contributed by atoms with Crippen molar-refractivity contribution in [1.29, 1.82) is 0 Å². The Morgan fingerprint density at radius 3 is 2.16 bits per heavy atom. The van der Waals surface area contributed by atoms with E-state index in [4.69, 9.17) is 4.74 Å². The van der Waals surface area contributed by atoms with Crippen molar-refractivity contribution in [1.82, 2.24) is 5.32 Å². The van der Waals surface area contributed by atoms with Crippen molar-refractivity contribution in [3.63, 3.8) is 0 Å². The van der Waals surface area contributed by atoms with Crippen molar-refractivity contribution < 1.29 is 13.5 Å². The summed E-state index contributed by atoms with van der Waals surface area (Å²) in [5.74, 6) is -0.518. The number of halogens is 2. The molecule has 0 aromatic heterocycles. The highest BCUT2D eigenvalue weighted by Crippen LogP contribution is 2.15. The molecular weight excluding hydrogens is 248 g/mol. The fourth-order valence-corrected chi connectivity index (χ4v) is 1.77. The number of ether oxygens (including phenoxy) is 1. The third-order valence-corrected chi connectivity index (χ3v) is 2.63. The van der Waals surface area contributed by atoms with E-state index in [0.717, 1.165) is 18.2 Å². The van der Waals surface area contributed by atoms with Crippen molar-refractivity contribution in [2.24, 2.45) is 0 Å². The van der Waals surface area contributed by atoms with Crippen LogP contribution in [0, 0.1) is 11.6 Å². The SMILES string of the molecule is CNCc1ccc(OCc2cc(F)cc(F)c2)cc1. The third kappa shape index (κ3) is 4.03. The molecule has 2 aromatic rings. The molecule has 19 heavy (non-hydrogen) atoms. The number of nitrogens with one attached hydrogen (secondary N) is 1. The molecule has 0 heterocycles. The van der Waals surface area contributed by atoms with Gasteiger partial charge in [0, 0.05) is 12.6 Å². The molecule has 0 aliphatic rings. The van der Waals surface area contributed by atoms with Crippen molar-refractivity contribution in [3.05, 3.63) is 65.2 Å². The summed E-state index contributed by atoms with van der Waals surface area (Å²) in [7, 11) is 1.88. The molecule has 0 saturated carbocycles. The Balaban J connectivity index is 1.98. The molecule has 1 N–H and O–H groups in total. The van der Waals surface area contributed by atoms with Crippen LogP contribution < -0.4 is 10.1 Å². The summed E-state index contributed by atoms with van der Waals surface area (Å²) >= 11 is 0. The van der Waals surface area contributed by atoms with E-state index in [9.17, 15) is 8.78 Å². The Kier molecular flexibility index (Phi) is 4.47. The normalized spacial score (nSPS) is 10.5. The zero-order valence-electron chi connectivity index (χ0n) is 10.6. The highest BCUT2D eigenvalue weighted by atomic mass is 19.1. The standard InChI is InChI=1S/C15H15F2NO/c1-18-9-11-2-4-15(5-3-11)19-10-12-6-13(16)8-14(17)7-12/h2-8,18H,9-10H2,1H3. The second-order valence-corrected chi connectivity index (χ2v) is 4.24. The summed E-state index contributed by atoms with van der Waals surface area (Å²) in [5, 5.41) is 3.05.